The molecule has 0 saturated carbocycles. The van der Waals surface area contributed by atoms with Crippen molar-refractivity contribution in [2.24, 2.45) is 5.73 Å². The van der Waals surface area contributed by atoms with Crippen LogP contribution in [0.15, 0.2) is 54.6 Å². The van der Waals surface area contributed by atoms with Crippen molar-refractivity contribution in [3.05, 3.63) is 65.7 Å². The van der Waals surface area contributed by atoms with Gasteiger partial charge in [0, 0.05) is 28.4 Å². The van der Waals surface area contributed by atoms with E-state index in [1.54, 1.807) is 26.0 Å². The molecule has 1 aliphatic rings. The van der Waals surface area contributed by atoms with Crippen LogP contribution in [-0.4, -0.2) is 80.1 Å². The average Bonchev–Trinajstić information content (AvgIpc) is 2.91. The second-order valence-corrected chi connectivity index (χ2v) is 13.0. The molecule has 3 amide bonds. The highest BCUT2D eigenvalue weighted by Gasteiger charge is 2.39. The number of nitrogens with two attached hydrogens (primary N) is 1. The number of aromatic hydroxyl groups is 1. The second-order valence-electron chi connectivity index (χ2n) is 10.1. The largest absolute Gasteiger partial charge is 0.508 e. The molecule has 10 nitrogen and oxygen atoms in total. The summed E-state index contributed by atoms with van der Waals surface area (Å²) in [5.41, 5.74) is 7.66. The Morgan fingerprint density at radius 2 is 1.70 bits per heavy atom. The topological polar surface area (TPSA) is 171 Å². The lowest BCUT2D eigenvalue weighted by atomic mass is 10.0. The lowest BCUT2D eigenvalue weighted by Gasteiger charge is -2.32. The number of aliphatic carboxylic acids is 1. The van der Waals surface area contributed by atoms with Gasteiger partial charge in [0.15, 0.2) is 0 Å². The van der Waals surface area contributed by atoms with Gasteiger partial charge in [-0.3, -0.25) is 14.4 Å². The summed E-state index contributed by atoms with van der Waals surface area (Å²) in [6, 6.07) is 11.3. The number of carbonyl (C=O) groups is 4. The predicted molar refractivity (Wildman–Crippen MR) is 157 cm³/mol. The van der Waals surface area contributed by atoms with Crippen LogP contribution in [0.4, 0.5) is 0 Å². The van der Waals surface area contributed by atoms with E-state index in [9.17, 15) is 29.4 Å². The molecule has 7 N–H and O–H groups in total. The molecule has 0 spiro atoms. The van der Waals surface area contributed by atoms with E-state index < -0.39 is 52.6 Å². The first-order valence-electron chi connectivity index (χ1n) is 12.9. The first kappa shape index (κ1) is 31.3. The zero-order chi connectivity index (χ0) is 29.3. The van der Waals surface area contributed by atoms with Crippen LogP contribution in [-0.2, 0) is 32.0 Å². The normalized spacial score (nSPS) is 22.8. The van der Waals surface area contributed by atoms with E-state index in [1.165, 1.54) is 35.7 Å². The molecule has 0 bridgehead atoms. The number of amides is 3. The van der Waals surface area contributed by atoms with E-state index in [1.807, 2.05) is 30.3 Å². The number of hydrogen-bond donors (Lipinski definition) is 6. The first-order chi connectivity index (χ1) is 19.0. The Morgan fingerprint density at radius 3 is 2.35 bits per heavy atom. The van der Waals surface area contributed by atoms with Crippen LogP contribution < -0.4 is 21.7 Å². The van der Waals surface area contributed by atoms with Gasteiger partial charge in [0.05, 0.1) is 6.04 Å². The molecule has 3 rings (SSSR count). The first-order valence-corrected chi connectivity index (χ1v) is 15.0. The van der Waals surface area contributed by atoms with Crippen molar-refractivity contribution in [3.63, 3.8) is 0 Å². The van der Waals surface area contributed by atoms with Gasteiger partial charge in [-0.25, -0.2) is 4.79 Å². The maximum atomic E-state index is 13.4. The Kier molecular flexibility index (Phi) is 11.3. The van der Waals surface area contributed by atoms with Crippen LogP contribution in [0.1, 0.15) is 25.0 Å². The highest BCUT2D eigenvalue weighted by Crippen LogP contribution is 2.30. The Bertz CT molecular complexity index is 1180. The minimum Gasteiger partial charge on any atom is -0.508 e. The van der Waals surface area contributed by atoms with Gasteiger partial charge in [-0.1, -0.05) is 42.5 Å². The molecule has 1 fully saturated rings. The number of nitrogens with one attached hydrogen (secondary N) is 3. The Labute approximate surface area is 242 Å². The molecule has 40 heavy (non-hydrogen) atoms. The number of rotatable bonds is 7. The van der Waals surface area contributed by atoms with Crippen molar-refractivity contribution in [3.8, 4) is 5.75 Å². The summed E-state index contributed by atoms with van der Waals surface area (Å²) >= 11 is 2.86. The summed E-state index contributed by atoms with van der Waals surface area (Å²) in [5, 5.41) is 27.5. The van der Waals surface area contributed by atoms with E-state index in [-0.39, 0.29) is 24.3 Å². The number of carboxylic acids is 1. The number of hydrogen-bond acceptors (Lipinski definition) is 8. The van der Waals surface area contributed by atoms with Gasteiger partial charge in [0.25, 0.3) is 0 Å². The molecule has 2 aromatic carbocycles. The van der Waals surface area contributed by atoms with Gasteiger partial charge in [0.2, 0.25) is 17.7 Å². The molecular formula is C28H36N4O6S2. The van der Waals surface area contributed by atoms with Crippen molar-refractivity contribution in [2.75, 3.05) is 17.3 Å². The lowest BCUT2D eigenvalue weighted by Crippen LogP contribution is -2.60. The number of phenols is 1. The van der Waals surface area contributed by atoms with Crippen LogP contribution >= 0.6 is 23.5 Å². The molecule has 0 aliphatic carbocycles. The van der Waals surface area contributed by atoms with Gasteiger partial charge in [-0.15, -0.1) is 0 Å². The molecule has 1 saturated heterocycles. The fourth-order valence-electron chi connectivity index (χ4n) is 4.20. The van der Waals surface area contributed by atoms with Gasteiger partial charge in [-0.2, -0.15) is 23.5 Å². The van der Waals surface area contributed by atoms with E-state index in [4.69, 9.17) is 5.73 Å². The molecule has 1 unspecified atom stereocenters. The van der Waals surface area contributed by atoms with E-state index in [0.717, 1.165) is 11.1 Å². The maximum absolute atomic E-state index is 13.4. The zero-order valence-electron chi connectivity index (χ0n) is 22.5. The molecule has 4 atom stereocenters. The number of thioether (sulfide) groups is 2. The molecule has 2 aromatic rings. The summed E-state index contributed by atoms with van der Waals surface area (Å²) < 4.78 is -0.813. The quantitative estimate of drug-likeness (QED) is 0.279. The third-order valence-electron chi connectivity index (χ3n) is 6.49. The monoisotopic (exact) mass is 588 g/mol. The smallest absolute Gasteiger partial charge is 0.327 e. The Hall–Kier alpha value is -3.22. The second kappa shape index (κ2) is 14.4. The molecule has 12 heteroatoms. The lowest BCUT2D eigenvalue weighted by molar-refractivity contribution is -0.143. The van der Waals surface area contributed by atoms with Gasteiger partial charge < -0.3 is 31.9 Å². The van der Waals surface area contributed by atoms with Gasteiger partial charge >= 0.3 is 5.97 Å². The van der Waals surface area contributed by atoms with Crippen LogP contribution in [0.5, 0.6) is 5.75 Å². The summed E-state index contributed by atoms with van der Waals surface area (Å²) in [5.74, 6) is -1.36. The SMILES string of the molecule is CC1(C)SCCSCC(NC(=O)[C@@H](N)Cc2ccc(O)cc2)C(=O)N[C@@H](Cc2ccccc2)C(=O)N[C@H]1C(=O)O. The Balaban J connectivity index is 1.81. The standard InChI is InChI=1S/C28H36N4O6S2/c1-28(2)23(27(37)38)32-25(35)21(15-17-6-4-3-5-7-17)30-26(36)22(16-39-12-13-40-28)31-24(34)20(29)14-18-8-10-19(33)11-9-18/h3-11,20-23,33H,12-16,29H2,1-2H3,(H,30,36)(H,31,34)(H,32,35)(H,37,38)/t20-,21-,22?,23-/m0/s1. The highest BCUT2D eigenvalue weighted by molar-refractivity contribution is 8.03. The molecule has 0 radical (unpaired) electrons. The third kappa shape index (κ3) is 9.17. The van der Waals surface area contributed by atoms with Gasteiger partial charge in [0.1, 0.15) is 23.9 Å². The summed E-state index contributed by atoms with van der Waals surface area (Å²) in [6.45, 7) is 3.54. The fraction of sp³-hybridized carbons (Fsp3) is 0.429. The fourth-order valence-corrected chi connectivity index (χ4v) is 6.49. The number of benzene rings is 2. The van der Waals surface area contributed by atoms with Crippen molar-refractivity contribution < 1.29 is 29.4 Å². The zero-order valence-corrected chi connectivity index (χ0v) is 24.1. The third-order valence-corrected chi connectivity index (χ3v) is 9.20. The summed E-state index contributed by atoms with van der Waals surface area (Å²) in [4.78, 5) is 52.0. The van der Waals surface area contributed by atoms with Crippen LogP contribution in [0.3, 0.4) is 0 Å². The van der Waals surface area contributed by atoms with E-state index >= 15 is 0 Å². The van der Waals surface area contributed by atoms with E-state index in [0.29, 0.717) is 11.5 Å². The molecule has 1 aliphatic heterocycles. The van der Waals surface area contributed by atoms with Crippen molar-refractivity contribution in [1.82, 2.24) is 16.0 Å². The summed E-state index contributed by atoms with van der Waals surface area (Å²) in [6.07, 6.45) is 0.335. The van der Waals surface area contributed by atoms with Crippen molar-refractivity contribution in [1.29, 1.82) is 0 Å². The van der Waals surface area contributed by atoms with Crippen LogP contribution in [0.2, 0.25) is 0 Å². The molecule has 216 valence electrons. The molecule has 0 aromatic heterocycles. The van der Waals surface area contributed by atoms with Crippen LogP contribution in [0, 0.1) is 0 Å². The minimum atomic E-state index is -1.18. The number of carboxylic acid groups (broad SMARTS) is 1. The Morgan fingerprint density at radius 1 is 1.02 bits per heavy atom. The summed E-state index contributed by atoms with van der Waals surface area (Å²) in [7, 11) is 0. The number of carbonyl (C=O) groups excluding carboxylic acids is 3. The maximum Gasteiger partial charge on any atom is 0.327 e. The molecular weight excluding hydrogens is 552 g/mol. The highest BCUT2D eigenvalue weighted by atomic mass is 32.2. The number of phenolic OH excluding ortho intramolecular Hbond substituents is 1. The van der Waals surface area contributed by atoms with Crippen molar-refractivity contribution in [2.45, 2.75) is 55.6 Å². The van der Waals surface area contributed by atoms with Crippen LogP contribution in [0.25, 0.3) is 0 Å². The molecule has 1 heterocycles. The predicted octanol–water partition coefficient (Wildman–Crippen LogP) is 1.30. The van der Waals surface area contributed by atoms with Gasteiger partial charge in [-0.05, 0) is 43.5 Å². The minimum absolute atomic E-state index is 0.102. The van der Waals surface area contributed by atoms with E-state index in [2.05, 4.69) is 16.0 Å². The average molecular weight is 589 g/mol. The van der Waals surface area contributed by atoms with Crippen molar-refractivity contribution >= 4 is 47.2 Å².